The fourth-order valence-corrected chi connectivity index (χ4v) is 5.82. The molecule has 4 aromatic carbocycles. The topological polar surface area (TPSA) is 103 Å². The average molecular weight is 650 g/mol. The summed E-state index contributed by atoms with van der Waals surface area (Å²) < 4.78 is 11.8. The van der Waals surface area contributed by atoms with E-state index in [1.54, 1.807) is 31.3 Å². The van der Waals surface area contributed by atoms with Gasteiger partial charge in [-0.25, -0.2) is 0 Å². The van der Waals surface area contributed by atoms with Crippen LogP contribution in [0.1, 0.15) is 32.7 Å². The molecular weight excluding hydrogens is 606 g/mol. The number of likely N-dealkylation sites (N-methyl/N-ethyl adjacent to an activating group) is 1. The van der Waals surface area contributed by atoms with E-state index in [4.69, 9.17) is 9.47 Å². The number of methoxy groups -OCH3 is 1. The maximum absolute atomic E-state index is 13.8. The molecular formula is C38H43N5O5. The zero-order chi connectivity index (χ0) is 34.0. The molecule has 0 radical (unpaired) electrons. The Labute approximate surface area is 282 Å². The van der Waals surface area contributed by atoms with Crippen molar-refractivity contribution < 1.29 is 23.9 Å². The molecule has 1 fully saturated rings. The number of hydrogen-bond acceptors (Lipinski definition) is 7. The number of nitrogens with zero attached hydrogens (tertiary/aromatic N) is 3. The van der Waals surface area contributed by atoms with E-state index in [2.05, 4.69) is 27.5 Å². The number of amides is 3. The van der Waals surface area contributed by atoms with E-state index in [0.717, 1.165) is 49.3 Å². The quantitative estimate of drug-likeness (QED) is 0.190. The van der Waals surface area contributed by atoms with Crippen LogP contribution >= 0.6 is 0 Å². The highest BCUT2D eigenvalue weighted by Crippen LogP contribution is 2.32. The fourth-order valence-electron chi connectivity index (χ4n) is 5.82. The van der Waals surface area contributed by atoms with Crippen LogP contribution in [-0.4, -0.2) is 88.2 Å². The molecule has 5 rings (SSSR count). The van der Waals surface area contributed by atoms with Gasteiger partial charge in [0.15, 0.2) is 0 Å². The van der Waals surface area contributed by atoms with Crippen molar-refractivity contribution >= 4 is 29.6 Å². The summed E-state index contributed by atoms with van der Waals surface area (Å²) >= 11 is 0. The van der Waals surface area contributed by atoms with Crippen molar-refractivity contribution in [1.82, 2.24) is 15.1 Å². The molecule has 0 bridgehead atoms. The van der Waals surface area contributed by atoms with E-state index >= 15 is 0 Å². The van der Waals surface area contributed by atoms with E-state index in [-0.39, 0.29) is 18.0 Å². The van der Waals surface area contributed by atoms with E-state index in [1.165, 1.54) is 12.0 Å². The minimum atomic E-state index is -0.302. The van der Waals surface area contributed by atoms with Gasteiger partial charge in [0.25, 0.3) is 11.8 Å². The van der Waals surface area contributed by atoms with Crippen LogP contribution in [-0.2, 0) is 4.79 Å². The number of carbonyl (C=O) groups excluding carboxylic acids is 3. The summed E-state index contributed by atoms with van der Waals surface area (Å²) in [6, 6.07) is 27.8. The maximum atomic E-state index is 13.8. The summed E-state index contributed by atoms with van der Waals surface area (Å²) in [6.45, 7) is 5.97. The van der Waals surface area contributed by atoms with Crippen LogP contribution in [0.3, 0.4) is 0 Å². The van der Waals surface area contributed by atoms with Gasteiger partial charge in [-0.15, -0.1) is 0 Å². The van der Waals surface area contributed by atoms with E-state index < -0.39 is 0 Å². The van der Waals surface area contributed by atoms with Gasteiger partial charge in [0.2, 0.25) is 6.41 Å². The Balaban J connectivity index is 1.27. The molecule has 1 aliphatic heterocycles. The minimum Gasteiger partial charge on any atom is -0.496 e. The normalized spacial score (nSPS) is 14.1. The van der Waals surface area contributed by atoms with Crippen LogP contribution < -0.4 is 25.0 Å². The summed E-state index contributed by atoms with van der Waals surface area (Å²) in [7, 11) is 5.27. The first kappa shape index (κ1) is 34.2. The first-order chi connectivity index (χ1) is 23.3. The second kappa shape index (κ2) is 16.1. The summed E-state index contributed by atoms with van der Waals surface area (Å²) in [5, 5.41) is 5.88. The fraction of sp³-hybridized carbons (Fsp3) is 0.289. The van der Waals surface area contributed by atoms with Gasteiger partial charge < -0.3 is 29.9 Å². The van der Waals surface area contributed by atoms with Crippen molar-refractivity contribution in [3.05, 3.63) is 108 Å². The first-order valence-corrected chi connectivity index (χ1v) is 16.1. The summed E-state index contributed by atoms with van der Waals surface area (Å²) in [5.74, 6) is 0.300. The van der Waals surface area contributed by atoms with Crippen molar-refractivity contribution in [3.8, 4) is 22.6 Å². The molecule has 0 spiro atoms. The lowest BCUT2D eigenvalue weighted by atomic mass is 9.98. The van der Waals surface area contributed by atoms with Gasteiger partial charge in [-0.3, -0.25) is 19.3 Å². The van der Waals surface area contributed by atoms with Crippen molar-refractivity contribution in [1.29, 1.82) is 0 Å². The summed E-state index contributed by atoms with van der Waals surface area (Å²) in [5.41, 5.74) is 4.87. The predicted octanol–water partition coefficient (Wildman–Crippen LogP) is 5.29. The molecule has 0 saturated carbocycles. The molecule has 1 saturated heterocycles. The van der Waals surface area contributed by atoms with Crippen LogP contribution in [0.25, 0.3) is 11.1 Å². The second-order valence-corrected chi connectivity index (χ2v) is 11.9. The maximum Gasteiger partial charge on any atom is 0.261 e. The predicted molar refractivity (Wildman–Crippen MR) is 189 cm³/mol. The van der Waals surface area contributed by atoms with E-state index in [9.17, 15) is 14.4 Å². The molecule has 1 atom stereocenters. The molecule has 10 nitrogen and oxygen atoms in total. The lowest BCUT2D eigenvalue weighted by Crippen LogP contribution is -2.54. The van der Waals surface area contributed by atoms with Gasteiger partial charge in [-0.05, 0) is 55.4 Å². The van der Waals surface area contributed by atoms with E-state index in [1.807, 2.05) is 73.7 Å². The van der Waals surface area contributed by atoms with Gasteiger partial charge >= 0.3 is 0 Å². The number of para-hydroxylation sites is 2. The Morgan fingerprint density at radius 2 is 1.60 bits per heavy atom. The van der Waals surface area contributed by atoms with Crippen LogP contribution in [0.2, 0.25) is 0 Å². The van der Waals surface area contributed by atoms with E-state index in [0.29, 0.717) is 47.0 Å². The zero-order valence-electron chi connectivity index (χ0n) is 27.9. The average Bonchev–Trinajstić information content (AvgIpc) is 3.11. The number of nitrogens with one attached hydrogen (secondary N) is 2. The highest BCUT2D eigenvalue weighted by atomic mass is 16.5. The zero-order valence-corrected chi connectivity index (χ0v) is 27.9. The standard InChI is InChI=1S/C38H43N5O5/c1-27-13-15-28(16-14-27)30-9-5-6-10-31(30)37(45)40-29-17-18-32(35(25-29)47-4)38(46)42(3)33-11-7-8-12-34(33)48-24-19-36(39-26-44)43-22-20-41(2)21-23-43/h5-18,25-26,36H,19-24H2,1-4H3,(H,39,44)(H,40,45). The summed E-state index contributed by atoms with van der Waals surface area (Å²) in [6.07, 6.45) is 1.19. The Kier molecular flexibility index (Phi) is 11.4. The molecule has 48 heavy (non-hydrogen) atoms. The number of ether oxygens (including phenoxy) is 2. The third-order valence-electron chi connectivity index (χ3n) is 8.64. The van der Waals surface area contributed by atoms with Crippen LogP contribution in [0, 0.1) is 6.92 Å². The van der Waals surface area contributed by atoms with Crippen LogP contribution in [0.15, 0.2) is 91.0 Å². The Morgan fingerprint density at radius 3 is 2.33 bits per heavy atom. The molecule has 4 aromatic rings. The van der Waals surface area contributed by atoms with Gasteiger partial charge in [0.05, 0.1) is 31.1 Å². The highest BCUT2D eigenvalue weighted by Gasteiger charge is 2.24. The summed E-state index contributed by atoms with van der Waals surface area (Å²) in [4.78, 5) is 44.6. The molecule has 1 heterocycles. The number of carbonyl (C=O) groups is 3. The SMILES string of the molecule is COc1cc(NC(=O)c2ccccc2-c2ccc(C)cc2)ccc1C(=O)N(C)c1ccccc1OCCC(NC=O)N1CCN(C)CC1. The minimum absolute atomic E-state index is 0.137. The van der Waals surface area contributed by atoms with Crippen molar-refractivity contribution in [2.24, 2.45) is 0 Å². The lowest BCUT2D eigenvalue weighted by molar-refractivity contribution is -0.111. The number of benzene rings is 4. The number of piperazine rings is 1. The molecule has 0 aromatic heterocycles. The molecule has 2 N–H and O–H groups in total. The first-order valence-electron chi connectivity index (χ1n) is 16.1. The van der Waals surface area contributed by atoms with Gasteiger partial charge in [0, 0.05) is 57.0 Å². The molecule has 3 amide bonds. The highest BCUT2D eigenvalue weighted by molar-refractivity contribution is 6.10. The third-order valence-corrected chi connectivity index (χ3v) is 8.64. The molecule has 10 heteroatoms. The van der Waals surface area contributed by atoms with Gasteiger partial charge in [-0.1, -0.05) is 60.2 Å². The number of aryl methyl sites for hydroxylation is 1. The monoisotopic (exact) mass is 649 g/mol. The Bertz CT molecular complexity index is 1720. The second-order valence-electron chi connectivity index (χ2n) is 11.9. The van der Waals surface area contributed by atoms with Gasteiger partial charge in [0.1, 0.15) is 11.5 Å². The lowest BCUT2D eigenvalue weighted by Gasteiger charge is -2.37. The van der Waals surface area contributed by atoms with Crippen LogP contribution in [0.4, 0.5) is 11.4 Å². The number of rotatable bonds is 13. The number of anilines is 2. The largest absolute Gasteiger partial charge is 0.496 e. The Hall–Kier alpha value is -5.19. The van der Waals surface area contributed by atoms with Gasteiger partial charge in [-0.2, -0.15) is 0 Å². The van der Waals surface area contributed by atoms with Crippen molar-refractivity contribution in [2.45, 2.75) is 19.5 Å². The smallest absolute Gasteiger partial charge is 0.261 e. The molecule has 0 aliphatic carbocycles. The van der Waals surface area contributed by atoms with Crippen molar-refractivity contribution in [2.75, 3.05) is 64.2 Å². The third kappa shape index (κ3) is 8.20. The van der Waals surface area contributed by atoms with Crippen LogP contribution in [0.5, 0.6) is 11.5 Å². The molecule has 1 aliphatic rings. The molecule has 1 unspecified atom stereocenters. The van der Waals surface area contributed by atoms with Crippen molar-refractivity contribution in [3.63, 3.8) is 0 Å². The number of hydrogen-bond donors (Lipinski definition) is 2. The molecule has 250 valence electrons. The Morgan fingerprint density at radius 1 is 0.896 bits per heavy atom.